The van der Waals surface area contributed by atoms with Gasteiger partial charge < -0.3 is 11.1 Å². The van der Waals surface area contributed by atoms with Crippen LogP contribution in [0.15, 0.2) is 6.20 Å². The Bertz CT molecular complexity index is 356. The first-order valence-corrected chi connectivity index (χ1v) is 6.59. The third-order valence-corrected chi connectivity index (χ3v) is 3.76. The Kier molecular flexibility index (Phi) is 3.77. The van der Waals surface area contributed by atoms with E-state index in [1.165, 1.54) is 37.0 Å². The maximum absolute atomic E-state index is 11.8. The van der Waals surface area contributed by atoms with Gasteiger partial charge in [-0.3, -0.25) is 4.79 Å². The van der Waals surface area contributed by atoms with E-state index in [0.717, 1.165) is 12.8 Å². The van der Waals surface area contributed by atoms with Crippen molar-refractivity contribution in [3.05, 3.63) is 11.1 Å². The summed E-state index contributed by atoms with van der Waals surface area (Å²) in [5.41, 5.74) is 5.50. The van der Waals surface area contributed by atoms with E-state index in [0.29, 0.717) is 16.1 Å². The van der Waals surface area contributed by atoms with Crippen LogP contribution in [0.5, 0.6) is 0 Å². The molecule has 0 saturated heterocycles. The summed E-state index contributed by atoms with van der Waals surface area (Å²) in [6.45, 7) is 0. The predicted octanol–water partition coefficient (Wildman–Crippen LogP) is 2.18. The maximum atomic E-state index is 11.8. The lowest BCUT2D eigenvalue weighted by Gasteiger charge is -2.15. The van der Waals surface area contributed by atoms with E-state index in [-0.39, 0.29) is 5.91 Å². The zero-order chi connectivity index (χ0) is 11.4. The van der Waals surface area contributed by atoms with E-state index in [2.05, 4.69) is 10.3 Å². The quantitative estimate of drug-likeness (QED) is 0.777. The van der Waals surface area contributed by atoms with Crippen molar-refractivity contribution in [1.29, 1.82) is 0 Å². The van der Waals surface area contributed by atoms with E-state index >= 15 is 0 Å². The van der Waals surface area contributed by atoms with Crippen LogP contribution >= 0.6 is 11.3 Å². The molecule has 1 aromatic rings. The minimum atomic E-state index is -0.0268. The molecule has 88 valence electrons. The monoisotopic (exact) mass is 239 g/mol. The van der Waals surface area contributed by atoms with Gasteiger partial charge in [0.1, 0.15) is 4.88 Å². The molecule has 1 saturated carbocycles. The molecule has 0 atom stereocenters. The fraction of sp³-hybridized carbons (Fsp3) is 0.636. The number of nitrogen functional groups attached to an aromatic ring is 1. The van der Waals surface area contributed by atoms with Gasteiger partial charge in [0.2, 0.25) is 0 Å². The number of nitrogens with zero attached hydrogens (tertiary/aromatic N) is 1. The highest BCUT2D eigenvalue weighted by Crippen LogP contribution is 2.19. The number of thiazole rings is 1. The summed E-state index contributed by atoms with van der Waals surface area (Å²) >= 11 is 1.24. The lowest BCUT2D eigenvalue weighted by molar-refractivity contribution is 0.0937. The number of hydrogen-bond acceptors (Lipinski definition) is 4. The van der Waals surface area contributed by atoms with Gasteiger partial charge in [0.05, 0.1) is 6.20 Å². The summed E-state index contributed by atoms with van der Waals surface area (Å²) in [4.78, 5) is 16.3. The van der Waals surface area contributed by atoms with Crippen molar-refractivity contribution >= 4 is 22.4 Å². The van der Waals surface area contributed by atoms with Crippen LogP contribution in [-0.4, -0.2) is 16.9 Å². The summed E-state index contributed by atoms with van der Waals surface area (Å²) in [5.74, 6) is -0.0268. The van der Waals surface area contributed by atoms with Gasteiger partial charge in [-0.2, -0.15) is 0 Å². The summed E-state index contributed by atoms with van der Waals surface area (Å²) in [6, 6.07) is 0.332. The van der Waals surface area contributed by atoms with E-state index in [4.69, 9.17) is 5.73 Å². The van der Waals surface area contributed by atoms with Crippen LogP contribution in [0.25, 0.3) is 0 Å². The molecule has 16 heavy (non-hydrogen) atoms. The zero-order valence-corrected chi connectivity index (χ0v) is 10.1. The number of nitrogens with two attached hydrogens (primary N) is 1. The fourth-order valence-electron chi connectivity index (χ4n) is 2.07. The Hall–Kier alpha value is -1.10. The molecule has 3 N–H and O–H groups in total. The Balaban J connectivity index is 1.90. The number of rotatable bonds is 2. The van der Waals surface area contributed by atoms with E-state index in [1.54, 1.807) is 6.20 Å². The predicted molar refractivity (Wildman–Crippen MR) is 65.5 cm³/mol. The molecule has 1 aliphatic rings. The molecule has 1 aromatic heterocycles. The molecular formula is C11H17N3OS. The van der Waals surface area contributed by atoms with Crippen LogP contribution < -0.4 is 11.1 Å². The summed E-state index contributed by atoms with van der Waals surface area (Å²) in [6.07, 6.45) is 8.76. The standard InChI is InChI=1S/C11H17N3OS/c12-11-13-7-9(16-11)10(15)14-8-5-3-1-2-4-6-8/h7-8H,1-6H2,(H2,12,13)(H,14,15). The number of aromatic nitrogens is 1. The van der Waals surface area contributed by atoms with Crippen molar-refractivity contribution < 1.29 is 4.79 Å². The van der Waals surface area contributed by atoms with Crippen molar-refractivity contribution in [2.24, 2.45) is 0 Å². The first-order chi connectivity index (χ1) is 7.75. The van der Waals surface area contributed by atoms with Gasteiger partial charge in [-0.1, -0.05) is 37.0 Å². The fourth-order valence-corrected chi connectivity index (χ4v) is 2.66. The highest BCUT2D eigenvalue weighted by Gasteiger charge is 2.16. The first kappa shape index (κ1) is 11.4. The second-order valence-electron chi connectivity index (χ2n) is 4.22. The molecule has 2 rings (SSSR count). The molecule has 1 heterocycles. The van der Waals surface area contributed by atoms with Crippen molar-refractivity contribution in [2.45, 2.75) is 44.6 Å². The topological polar surface area (TPSA) is 68.0 Å². The average molecular weight is 239 g/mol. The molecular weight excluding hydrogens is 222 g/mol. The van der Waals surface area contributed by atoms with Gasteiger partial charge in [0.15, 0.2) is 5.13 Å². The third-order valence-electron chi connectivity index (χ3n) is 2.94. The van der Waals surface area contributed by atoms with Gasteiger partial charge in [-0.05, 0) is 12.8 Å². The lowest BCUT2D eigenvalue weighted by Crippen LogP contribution is -2.33. The minimum absolute atomic E-state index is 0.0268. The average Bonchev–Trinajstić information content (AvgIpc) is 2.54. The molecule has 0 bridgehead atoms. The number of carbonyl (C=O) groups excluding carboxylic acids is 1. The largest absolute Gasteiger partial charge is 0.375 e. The molecule has 5 heteroatoms. The Morgan fingerprint density at radius 3 is 2.62 bits per heavy atom. The second-order valence-corrected chi connectivity index (χ2v) is 5.29. The molecule has 0 aliphatic heterocycles. The van der Waals surface area contributed by atoms with Gasteiger partial charge >= 0.3 is 0 Å². The SMILES string of the molecule is Nc1ncc(C(=O)NC2CCCCCC2)s1. The number of anilines is 1. The molecule has 0 radical (unpaired) electrons. The minimum Gasteiger partial charge on any atom is -0.375 e. The summed E-state index contributed by atoms with van der Waals surface area (Å²) < 4.78 is 0. The van der Waals surface area contributed by atoms with Crippen LogP contribution in [0, 0.1) is 0 Å². The van der Waals surface area contributed by atoms with E-state index in [9.17, 15) is 4.79 Å². The Labute approximate surface area is 99.3 Å². The van der Waals surface area contributed by atoms with Crippen LogP contribution in [0.3, 0.4) is 0 Å². The molecule has 1 amide bonds. The molecule has 0 aromatic carbocycles. The zero-order valence-electron chi connectivity index (χ0n) is 9.24. The molecule has 0 unspecified atom stereocenters. The van der Waals surface area contributed by atoms with Gasteiger partial charge in [0, 0.05) is 6.04 Å². The first-order valence-electron chi connectivity index (χ1n) is 5.78. The maximum Gasteiger partial charge on any atom is 0.263 e. The summed E-state index contributed by atoms with van der Waals surface area (Å²) in [5, 5.41) is 3.51. The smallest absolute Gasteiger partial charge is 0.263 e. The molecule has 1 aliphatic carbocycles. The third kappa shape index (κ3) is 2.95. The van der Waals surface area contributed by atoms with Gasteiger partial charge in [-0.15, -0.1) is 0 Å². The summed E-state index contributed by atoms with van der Waals surface area (Å²) in [7, 11) is 0. The number of nitrogens with one attached hydrogen (secondary N) is 1. The van der Waals surface area contributed by atoms with Crippen molar-refractivity contribution in [2.75, 3.05) is 5.73 Å². The van der Waals surface area contributed by atoms with E-state index < -0.39 is 0 Å². The molecule has 0 spiro atoms. The second kappa shape index (κ2) is 5.30. The van der Waals surface area contributed by atoms with Crippen molar-refractivity contribution in [3.63, 3.8) is 0 Å². The van der Waals surface area contributed by atoms with Crippen molar-refractivity contribution in [1.82, 2.24) is 10.3 Å². The van der Waals surface area contributed by atoms with Crippen LogP contribution in [-0.2, 0) is 0 Å². The molecule has 4 nitrogen and oxygen atoms in total. The van der Waals surface area contributed by atoms with E-state index in [1.807, 2.05) is 0 Å². The number of carbonyl (C=O) groups is 1. The molecule has 1 fully saturated rings. The highest BCUT2D eigenvalue weighted by molar-refractivity contribution is 7.17. The lowest BCUT2D eigenvalue weighted by atomic mass is 10.1. The van der Waals surface area contributed by atoms with Crippen LogP contribution in [0.2, 0.25) is 0 Å². The van der Waals surface area contributed by atoms with Crippen molar-refractivity contribution in [3.8, 4) is 0 Å². The van der Waals surface area contributed by atoms with Crippen LogP contribution in [0.1, 0.15) is 48.2 Å². The number of hydrogen-bond donors (Lipinski definition) is 2. The van der Waals surface area contributed by atoms with Gasteiger partial charge in [-0.25, -0.2) is 4.98 Å². The Morgan fingerprint density at radius 1 is 1.38 bits per heavy atom. The Morgan fingerprint density at radius 2 is 2.06 bits per heavy atom. The van der Waals surface area contributed by atoms with Gasteiger partial charge in [0.25, 0.3) is 5.91 Å². The normalized spacial score (nSPS) is 18.0. The number of amides is 1. The highest BCUT2D eigenvalue weighted by atomic mass is 32.1. The van der Waals surface area contributed by atoms with Crippen LogP contribution in [0.4, 0.5) is 5.13 Å².